The second kappa shape index (κ2) is 9.35. The lowest BCUT2D eigenvalue weighted by Gasteiger charge is -2.41. The molecule has 0 bridgehead atoms. The predicted molar refractivity (Wildman–Crippen MR) is 126 cm³/mol. The first-order valence-corrected chi connectivity index (χ1v) is 11.9. The van der Waals surface area contributed by atoms with Gasteiger partial charge in [0.1, 0.15) is 5.50 Å². The molecule has 4 N–H and O–H groups in total. The molecule has 3 unspecified atom stereocenters. The first-order chi connectivity index (χ1) is 15.7. The summed E-state index contributed by atoms with van der Waals surface area (Å²) in [7, 11) is 0. The molecule has 2 aliphatic rings. The van der Waals surface area contributed by atoms with Gasteiger partial charge in [-0.25, -0.2) is 5.43 Å². The summed E-state index contributed by atoms with van der Waals surface area (Å²) < 4.78 is 4.32. The lowest BCUT2D eigenvalue weighted by atomic mass is 10.0. The molecule has 0 radical (unpaired) electrons. The number of amides is 2. The Balaban J connectivity index is 1.25. The first-order valence-electron chi connectivity index (χ1n) is 10.1. The summed E-state index contributed by atoms with van der Waals surface area (Å²) in [5, 5.41) is 6.69. The van der Waals surface area contributed by atoms with Crippen LogP contribution in [0.25, 0.3) is 11.4 Å². The molecule has 164 valence electrons. The van der Waals surface area contributed by atoms with Crippen LogP contribution < -0.4 is 26.4 Å². The van der Waals surface area contributed by atoms with Crippen molar-refractivity contribution in [3.63, 3.8) is 0 Å². The summed E-state index contributed by atoms with van der Waals surface area (Å²) in [6.45, 7) is 0.554. The van der Waals surface area contributed by atoms with Crippen LogP contribution >= 0.6 is 23.3 Å². The van der Waals surface area contributed by atoms with Crippen LogP contribution in [0.2, 0.25) is 0 Å². The maximum atomic E-state index is 13.2. The molecule has 5 rings (SSSR count). The van der Waals surface area contributed by atoms with Crippen molar-refractivity contribution >= 4 is 45.9 Å². The van der Waals surface area contributed by atoms with E-state index < -0.39 is 5.50 Å². The Morgan fingerprint density at radius 1 is 1.16 bits per heavy atom. The number of thioether (sulfide) groups is 1. The standard InChI is InChI=1S/C21H21N7O2S2/c29-16(23-20-24-17(27-32-20)13-7-3-1-4-8-13)12-31-21-25-18-15(11-22-26-18)19(30)28(21)14-9-5-2-6-10-14/h1-10,15,18,21-22,25-26H,11-12H2,(H,23,24,27,29). The van der Waals surface area contributed by atoms with Crippen LogP contribution in [-0.2, 0) is 9.59 Å². The summed E-state index contributed by atoms with van der Waals surface area (Å²) in [6.07, 6.45) is -0.181. The zero-order chi connectivity index (χ0) is 21.9. The molecular weight excluding hydrogens is 446 g/mol. The van der Waals surface area contributed by atoms with E-state index in [-0.39, 0.29) is 29.7 Å². The van der Waals surface area contributed by atoms with E-state index in [4.69, 9.17) is 0 Å². The van der Waals surface area contributed by atoms with E-state index in [1.807, 2.05) is 60.7 Å². The number of hydrogen-bond acceptors (Lipinski definition) is 9. The van der Waals surface area contributed by atoms with Crippen molar-refractivity contribution in [2.75, 3.05) is 22.5 Å². The number of nitrogens with zero attached hydrogens (tertiary/aromatic N) is 3. The smallest absolute Gasteiger partial charge is 0.236 e. The molecule has 9 nitrogen and oxygen atoms in total. The number of hydrogen-bond donors (Lipinski definition) is 4. The van der Waals surface area contributed by atoms with E-state index in [9.17, 15) is 9.59 Å². The van der Waals surface area contributed by atoms with Gasteiger partial charge in [0.2, 0.25) is 16.9 Å². The number of rotatable bonds is 6. The maximum absolute atomic E-state index is 13.2. The van der Waals surface area contributed by atoms with E-state index >= 15 is 0 Å². The molecule has 0 aliphatic carbocycles. The van der Waals surface area contributed by atoms with Crippen molar-refractivity contribution in [1.29, 1.82) is 0 Å². The minimum Gasteiger partial charge on any atom is -0.300 e. The van der Waals surface area contributed by atoms with Gasteiger partial charge in [-0.2, -0.15) is 9.36 Å². The molecule has 2 aliphatic heterocycles. The SMILES string of the molecule is O=C(CSC1NC2NNCC2C(=O)N1c1ccccc1)Nc1nc(-c2ccccc2)ns1. The fourth-order valence-electron chi connectivity index (χ4n) is 3.67. The second-order valence-corrected chi connectivity index (χ2v) is 9.14. The molecule has 2 aromatic carbocycles. The molecular formula is C21H21N7O2S2. The largest absolute Gasteiger partial charge is 0.300 e. The van der Waals surface area contributed by atoms with Crippen LogP contribution in [0.15, 0.2) is 60.7 Å². The molecule has 32 heavy (non-hydrogen) atoms. The van der Waals surface area contributed by atoms with Crippen molar-refractivity contribution in [2.45, 2.75) is 11.7 Å². The minimum absolute atomic E-state index is 0.0204. The topological polar surface area (TPSA) is 111 Å². The average Bonchev–Trinajstić information content (AvgIpc) is 3.49. The number of benzene rings is 2. The number of nitrogens with one attached hydrogen (secondary N) is 4. The van der Waals surface area contributed by atoms with Crippen LogP contribution in [0.5, 0.6) is 0 Å². The molecule has 0 saturated carbocycles. The summed E-state index contributed by atoms with van der Waals surface area (Å²) in [4.78, 5) is 31.9. The zero-order valence-electron chi connectivity index (χ0n) is 16.9. The number of anilines is 2. The highest BCUT2D eigenvalue weighted by Crippen LogP contribution is 2.30. The molecule has 2 saturated heterocycles. The molecule has 3 heterocycles. The van der Waals surface area contributed by atoms with Gasteiger partial charge < -0.3 is 0 Å². The molecule has 11 heteroatoms. The van der Waals surface area contributed by atoms with Gasteiger partial charge in [0.25, 0.3) is 0 Å². The monoisotopic (exact) mass is 467 g/mol. The van der Waals surface area contributed by atoms with Crippen LogP contribution in [0.1, 0.15) is 0 Å². The number of carbonyl (C=O) groups is 2. The van der Waals surface area contributed by atoms with Crippen LogP contribution in [0, 0.1) is 5.92 Å². The van der Waals surface area contributed by atoms with Gasteiger partial charge in [0.05, 0.1) is 17.8 Å². The van der Waals surface area contributed by atoms with Gasteiger partial charge in [0, 0.05) is 29.3 Å². The zero-order valence-corrected chi connectivity index (χ0v) is 18.5. The fraction of sp³-hybridized carbons (Fsp3) is 0.238. The lowest BCUT2D eigenvalue weighted by molar-refractivity contribution is -0.124. The van der Waals surface area contributed by atoms with Crippen molar-refractivity contribution < 1.29 is 9.59 Å². The lowest BCUT2D eigenvalue weighted by Crippen LogP contribution is -2.64. The molecule has 1 aromatic heterocycles. The number of para-hydroxylation sites is 1. The molecule has 2 fully saturated rings. The summed E-state index contributed by atoms with van der Waals surface area (Å²) >= 11 is 2.50. The number of hydrazine groups is 1. The number of fused-ring (bicyclic) bond motifs is 1. The summed E-state index contributed by atoms with van der Waals surface area (Å²) in [6, 6.07) is 19.1. The molecule has 2 amide bonds. The number of carbonyl (C=O) groups excluding carboxylic acids is 2. The highest BCUT2D eigenvalue weighted by Gasteiger charge is 2.44. The summed E-state index contributed by atoms with van der Waals surface area (Å²) in [5.41, 5.74) is 7.44. The number of aromatic nitrogens is 2. The van der Waals surface area contributed by atoms with Gasteiger partial charge in [0.15, 0.2) is 5.82 Å². The maximum Gasteiger partial charge on any atom is 0.236 e. The first kappa shape index (κ1) is 21.0. The summed E-state index contributed by atoms with van der Waals surface area (Å²) in [5.74, 6) is 0.344. The van der Waals surface area contributed by atoms with Crippen LogP contribution in [0.3, 0.4) is 0 Å². The third-order valence-electron chi connectivity index (χ3n) is 5.20. The van der Waals surface area contributed by atoms with Crippen molar-refractivity contribution in [3.8, 4) is 11.4 Å². The molecule has 0 spiro atoms. The van der Waals surface area contributed by atoms with Crippen molar-refractivity contribution in [3.05, 3.63) is 60.7 Å². The van der Waals surface area contributed by atoms with Crippen LogP contribution in [0.4, 0.5) is 10.8 Å². The van der Waals surface area contributed by atoms with E-state index in [1.54, 1.807) is 4.90 Å². The van der Waals surface area contributed by atoms with Gasteiger partial charge in [-0.05, 0) is 12.1 Å². The quantitative estimate of drug-likeness (QED) is 0.435. The van der Waals surface area contributed by atoms with Crippen molar-refractivity contribution in [2.24, 2.45) is 5.92 Å². The second-order valence-electron chi connectivity index (χ2n) is 7.32. The Kier molecular flexibility index (Phi) is 6.14. The molecule has 3 atom stereocenters. The highest BCUT2D eigenvalue weighted by molar-refractivity contribution is 8.00. The van der Waals surface area contributed by atoms with E-state index in [0.717, 1.165) is 22.8 Å². The Morgan fingerprint density at radius 3 is 2.69 bits per heavy atom. The molecule has 3 aromatic rings. The Labute approximate surface area is 193 Å². The van der Waals surface area contributed by atoms with Gasteiger partial charge in [-0.1, -0.05) is 48.5 Å². The van der Waals surface area contributed by atoms with E-state index in [1.165, 1.54) is 11.8 Å². The van der Waals surface area contributed by atoms with Gasteiger partial charge >= 0.3 is 0 Å². The minimum atomic E-state index is -0.390. The van der Waals surface area contributed by atoms with E-state index in [0.29, 0.717) is 17.5 Å². The van der Waals surface area contributed by atoms with Crippen molar-refractivity contribution in [1.82, 2.24) is 25.5 Å². The Morgan fingerprint density at radius 2 is 1.91 bits per heavy atom. The van der Waals surface area contributed by atoms with Crippen LogP contribution in [-0.4, -0.2) is 45.1 Å². The predicted octanol–water partition coefficient (Wildman–Crippen LogP) is 1.85. The highest BCUT2D eigenvalue weighted by atomic mass is 32.2. The third-order valence-corrected chi connectivity index (χ3v) is 6.93. The normalized spacial score (nSPS) is 22.6. The Bertz CT molecular complexity index is 1100. The van der Waals surface area contributed by atoms with Gasteiger partial charge in [-0.15, -0.1) is 11.8 Å². The average molecular weight is 468 g/mol. The Hall–Kier alpha value is -2.83. The van der Waals surface area contributed by atoms with E-state index in [2.05, 4.69) is 30.8 Å². The fourth-order valence-corrected chi connectivity index (χ4v) is 5.27. The van der Waals surface area contributed by atoms with Gasteiger partial charge in [-0.3, -0.25) is 30.5 Å². The third kappa shape index (κ3) is 4.38.